The standard InChI is InChI=1S/C21H32N4O2/c1-3-20(26)25-18-9-6-5-8-17(18)16-19(25)21(27)22-10-7-11-24-14-12-23(4-2)13-15-24/h5-6,8-9,19H,3-4,7,10-16H2,1-2H3,(H,22,27)/t19-/m0/s1. The Morgan fingerprint density at radius 3 is 2.48 bits per heavy atom. The molecule has 0 spiro atoms. The van der Waals surface area contributed by atoms with E-state index in [1.165, 1.54) is 0 Å². The smallest absolute Gasteiger partial charge is 0.243 e. The monoisotopic (exact) mass is 372 g/mol. The lowest BCUT2D eigenvalue weighted by Crippen LogP contribution is -2.49. The third-order valence-electron chi connectivity index (χ3n) is 5.71. The van der Waals surface area contributed by atoms with Gasteiger partial charge >= 0.3 is 0 Å². The number of nitrogens with one attached hydrogen (secondary N) is 1. The molecule has 1 aromatic rings. The molecule has 0 bridgehead atoms. The number of rotatable bonds is 7. The number of hydrogen-bond donors (Lipinski definition) is 1. The summed E-state index contributed by atoms with van der Waals surface area (Å²) >= 11 is 0. The van der Waals surface area contributed by atoms with E-state index in [1.54, 1.807) is 4.90 Å². The van der Waals surface area contributed by atoms with Crippen LogP contribution in [0.25, 0.3) is 0 Å². The molecular formula is C21H32N4O2. The Labute approximate surface area is 162 Å². The van der Waals surface area contributed by atoms with Crippen molar-refractivity contribution in [3.8, 4) is 0 Å². The molecule has 1 saturated heterocycles. The highest BCUT2D eigenvalue weighted by atomic mass is 16.2. The fourth-order valence-corrected chi connectivity index (χ4v) is 4.04. The second kappa shape index (κ2) is 9.33. The fourth-order valence-electron chi connectivity index (χ4n) is 4.04. The Morgan fingerprint density at radius 1 is 1.07 bits per heavy atom. The predicted octanol–water partition coefficient (Wildman–Crippen LogP) is 1.50. The van der Waals surface area contributed by atoms with Crippen molar-refractivity contribution in [2.45, 2.75) is 39.2 Å². The number of nitrogens with zero attached hydrogens (tertiary/aromatic N) is 3. The van der Waals surface area contributed by atoms with Gasteiger partial charge in [-0.1, -0.05) is 32.0 Å². The van der Waals surface area contributed by atoms with Crippen molar-refractivity contribution in [2.24, 2.45) is 0 Å². The summed E-state index contributed by atoms with van der Waals surface area (Å²) in [7, 11) is 0. The van der Waals surface area contributed by atoms with Crippen LogP contribution in [-0.4, -0.2) is 73.5 Å². The van der Waals surface area contributed by atoms with Gasteiger partial charge in [0.15, 0.2) is 0 Å². The molecule has 0 saturated carbocycles. The molecule has 1 fully saturated rings. The van der Waals surface area contributed by atoms with E-state index in [2.05, 4.69) is 22.0 Å². The number of benzene rings is 1. The summed E-state index contributed by atoms with van der Waals surface area (Å²) in [5.74, 6) is -0.0299. The summed E-state index contributed by atoms with van der Waals surface area (Å²) in [6.45, 7) is 11.3. The topological polar surface area (TPSA) is 55.9 Å². The fraction of sp³-hybridized carbons (Fsp3) is 0.619. The first-order chi connectivity index (χ1) is 13.1. The van der Waals surface area contributed by atoms with Crippen molar-refractivity contribution in [3.63, 3.8) is 0 Å². The maximum atomic E-state index is 12.8. The summed E-state index contributed by atoms with van der Waals surface area (Å²) < 4.78 is 0. The number of hydrogen-bond acceptors (Lipinski definition) is 4. The largest absolute Gasteiger partial charge is 0.354 e. The van der Waals surface area contributed by atoms with Crippen molar-refractivity contribution >= 4 is 17.5 Å². The Bertz CT molecular complexity index is 655. The molecule has 0 unspecified atom stereocenters. The van der Waals surface area contributed by atoms with Crippen LogP contribution in [0.4, 0.5) is 5.69 Å². The molecule has 6 heteroatoms. The van der Waals surface area contributed by atoms with Crippen LogP contribution >= 0.6 is 0 Å². The molecule has 2 aliphatic heterocycles. The lowest BCUT2D eigenvalue weighted by molar-refractivity contribution is -0.126. The zero-order valence-electron chi connectivity index (χ0n) is 16.6. The van der Waals surface area contributed by atoms with Crippen LogP contribution in [0.15, 0.2) is 24.3 Å². The van der Waals surface area contributed by atoms with Crippen molar-refractivity contribution in [2.75, 3.05) is 50.7 Å². The second-order valence-corrected chi connectivity index (χ2v) is 7.39. The molecule has 3 rings (SSSR count). The quantitative estimate of drug-likeness (QED) is 0.737. The zero-order valence-corrected chi connectivity index (χ0v) is 16.6. The first-order valence-electron chi connectivity index (χ1n) is 10.3. The highest BCUT2D eigenvalue weighted by Gasteiger charge is 2.37. The summed E-state index contributed by atoms with van der Waals surface area (Å²) in [6, 6.07) is 7.42. The van der Waals surface area contributed by atoms with Gasteiger partial charge in [0.1, 0.15) is 6.04 Å². The van der Waals surface area contributed by atoms with Crippen LogP contribution in [0.2, 0.25) is 0 Å². The number of carbonyl (C=O) groups excluding carboxylic acids is 2. The molecule has 2 amide bonds. The normalized spacial score (nSPS) is 20.5. The third-order valence-corrected chi connectivity index (χ3v) is 5.71. The van der Waals surface area contributed by atoms with Crippen LogP contribution in [0, 0.1) is 0 Å². The maximum Gasteiger partial charge on any atom is 0.243 e. The molecule has 2 heterocycles. The molecule has 0 aliphatic carbocycles. The van der Waals surface area contributed by atoms with Crippen LogP contribution in [0.1, 0.15) is 32.3 Å². The lowest BCUT2D eigenvalue weighted by Gasteiger charge is -2.34. The van der Waals surface area contributed by atoms with E-state index in [1.807, 2.05) is 31.2 Å². The van der Waals surface area contributed by atoms with Crippen LogP contribution in [0.3, 0.4) is 0 Å². The zero-order chi connectivity index (χ0) is 19.2. The summed E-state index contributed by atoms with van der Waals surface area (Å²) in [4.78, 5) is 31.8. The summed E-state index contributed by atoms with van der Waals surface area (Å²) in [5, 5.41) is 3.06. The van der Waals surface area contributed by atoms with Crippen LogP contribution in [0.5, 0.6) is 0 Å². The number of anilines is 1. The molecule has 27 heavy (non-hydrogen) atoms. The number of piperazine rings is 1. The highest BCUT2D eigenvalue weighted by Crippen LogP contribution is 2.32. The van der Waals surface area contributed by atoms with Gasteiger partial charge in [-0.05, 0) is 31.1 Å². The van der Waals surface area contributed by atoms with E-state index in [4.69, 9.17) is 0 Å². The van der Waals surface area contributed by atoms with Gasteiger partial charge in [-0.15, -0.1) is 0 Å². The third kappa shape index (κ3) is 4.68. The van der Waals surface area contributed by atoms with Crippen molar-refractivity contribution < 1.29 is 9.59 Å². The first-order valence-corrected chi connectivity index (χ1v) is 10.3. The lowest BCUT2D eigenvalue weighted by atomic mass is 10.1. The van der Waals surface area contributed by atoms with Crippen molar-refractivity contribution in [1.82, 2.24) is 15.1 Å². The SMILES string of the molecule is CCC(=O)N1c2ccccc2C[C@H]1C(=O)NCCCN1CCN(CC)CC1. The van der Waals surface area contributed by atoms with Gasteiger partial charge in [0, 0.05) is 51.3 Å². The average Bonchev–Trinajstić information content (AvgIpc) is 3.10. The minimum atomic E-state index is -0.414. The van der Waals surface area contributed by atoms with Crippen molar-refractivity contribution in [1.29, 1.82) is 0 Å². The second-order valence-electron chi connectivity index (χ2n) is 7.39. The molecule has 2 aliphatic rings. The molecule has 6 nitrogen and oxygen atoms in total. The molecule has 1 atom stereocenters. The number of amides is 2. The van der Waals surface area contributed by atoms with E-state index in [0.717, 1.165) is 56.9 Å². The van der Waals surface area contributed by atoms with Crippen LogP contribution in [-0.2, 0) is 16.0 Å². The predicted molar refractivity (Wildman–Crippen MR) is 108 cm³/mol. The van der Waals surface area contributed by atoms with Gasteiger partial charge in [0.2, 0.25) is 11.8 Å². The Morgan fingerprint density at radius 2 is 1.78 bits per heavy atom. The van der Waals surface area contributed by atoms with Gasteiger partial charge < -0.3 is 15.1 Å². The van der Waals surface area contributed by atoms with E-state index >= 15 is 0 Å². The number of fused-ring (bicyclic) bond motifs is 1. The van der Waals surface area contributed by atoms with Gasteiger partial charge in [-0.3, -0.25) is 14.5 Å². The Balaban J connectivity index is 1.47. The number of carbonyl (C=O) groups is 2. The van der Waals surface area contributed by atoms with Gasteiger partial charge in [0.25, 0.3) is 0 Å². The van der Waals surface area contributed by atoms with E-state index in [9.17, 15) is 9.59 Å². The van der Waals surface area contributed by atoms with Gasteiger partial charge in [0.05, 0.1) is 0 Å². The first kappa shape index (κ1) is 19.8. The Hall–Kier alpha value is -1.92. The molecule has 148 valence electrons. The van der Waals surface area contributed by atoms with Crippen LogP contribution < -0.4 is 10.2 Å². The van der Waals surface area contributed by atoms with E-state index < -0.39 is 6.04 Å². The summed E-state index contributed by atoms with van der Waals surface area (Å²) in [5.41, 5.74) is 1.96. The van der Waals surface area contributed by atoms with E-state index in [0.29, 0.717) is 19.4 Å². The molecule has 1 N–H and O–H groups in total. The molecule has 0 radical (unpaired) electrons. The maximum absolute atomic E-state index is 12.8. The highest BCUT2D eigenvalue weighted by molar-refractivity contribution is 6.03. The number of likely N-dealkylation sites (N-methyl/N-ethyl adjacent to an activating group) is 1. The minimum absolute atomic E-state index is 0.00824. The average molecular weight is 373 g/mol. The van der Waals surface area contributed by atoms with E-state index in [-0.39, 0.29) is 11.8 Å². The van der Waals surface area contributed by atoms with Gasteiger partial charge in [-0.2, -0.15) is 0 Å². The Kier molecular flexibility index (Phi) is 6.85. The van der Waals surface area contributed by atoms with Crippen molar-refractivity contribution in [3.05, 3.63) is 29.8 Å². The summed E-state index contributed by atoms with van der Waals surface area (Å²) in [6.07, 6.45) is 1.95. The number of para-hydroxylation sites is 1. The molecule has 1 aromatic carbocycles. The molecular weight excluding hydrogens is 340 g/mol. The molecule has 0 aromatic heterocycles. The minimum Gasteiger partial charge on any atom is -0.354 e. The van der Waals surface area contributed by atoms with Gasteiger partial charge in [-0.25, -0.2) is 0 Å².